The van der Waals surface area contributed by atoms with Crippen molar-refractivity contribution in [3.8, 4) is 0 Å². The molecule has 1 heterocycles. The van der Waals surface area contributed by atoms with Crippen LogP contribution in [0.25, 0.3) is 0 Å². The van der Waals surface area contributed by atoms with Crippen LogP contribution >= 0.6 is 23.2 Å². The molecule has 4 N–H and O–H groups in total. The monoisotopic (exact) mass is 395 g/mol. The third kappa shape index (κ3) is 6.78. The Kier molecular flexibility index (Phi) is 7.50. The number of nitrogens with zero attached hydrogens (tertiary/aromatic N) is 1. The van der Waals surface area contributed by atoms with Crippen LogP contribution in [0, 0.1) is 0 Å². The molecular weight excluding hydrogens is 377 g/mol. The molecule has 2 aromatic rings. The molecule has 0 spiro atoms. The number of nitrogens with one attached hydrogen (secondary N) is 4. The number of carbonyl (C=O) groups is 2. The molecule has 2 rings (SSSR count). The van der Waals surface area contributed by atoms with Crippen molar-refractivity contribution in [1.82, 2.24) is 15.6 Å². The number of halogens is 2. The van der Waals surface area contributed by atoms with Crippen LogP contribution in [0.1, 0.15) is 12.5 Å². The summed E-state index contributed by atoms with van der Waals surface area (Å²) in [7, 11) is 0. The molecular formula is C17H19Cl2N5O2. The molecule has 138 valence electrons. The summed E-state index contributed by atoms with van der Waals surface area (Å²) in [6.07, 6.45) is 1.49. The van der Waals surface area contributed by atoms with Gasteiger partial charge >= 0.3 is 6.03 Å². The summed E-state index contributed by atoms with van der Waals surface area (Å²) in [5, 5.41) is 12.1. The van der Waals surface area contributed by atoms with E-state index in [1.165, 1.54) is 13.1 Å². The standard InChI is InChI=1S/C17H19Cl2N5O2/c1-11(25)24-14-4-2-3-12(7-14)9-23-17(26)21-6-5-20-16-15(19)8-13(18)10-22-16/h2-4,7-8,10H,5-6,9H2,1H3,(H,20,22)(H,24,25)(H2,21,23,26). The zero-order valence-corrected chi connectivity index (χ0v) is 15.6. The number of amides is 3. The molecule has 3 amide bonds. The lowest BCUT2D eigenvalue weighted by molar-refractivity contribution is -0.114. The predicted octanol–water partition coefficient (Wildman–Crippen LogP) is 3.26. The average molecular weight is 396 g/mol. The van der Waals surface area contributed by atoms with Crippen molar-refractivity contribution in [3.63, 3.8) is 0 Å². The summed E-state index contributed by atoms with van der Waals surface area (Å²) in [5.74, 6) is 0.365. The van der Waals surface area contributed by atoms with Crippen LogP contribution in [-0.4, -0.2) is 30.0 Å². The highest BCUT2D eigenvalue weighted by atomic mass is 35.5. The largest absolute Gasteiger partial charge is 0.367 e. The van der Waals surface area contributed by atoms with E-state index in [0.717, 1.165) is 5.56 Å². The Morgan fingerprint density at radius 3 is 2.65 bits per heavy atom. The van der Waals surface area contributed by atoms with E-state index in [9.17, 15) is 9.59 Å². The van der Waals surface area contributed by atoms with Crippen LogP contribution in [0.15, 0.2) is 36.5 Å². The van der Waals surface area contributed by atoms with Crippen LogP contribution in [-0.2, 0) is 11.3 Å². The molecule has 26 heavy (non-hydrogen) atoms. The molecule has 0 bridgehead atoms. The number of hydrogen-bond acceptors (Lipinski definition) is 4. The van der Waals surface area contributed by atoms with E-state index in [1.54, 1.807) is 18.2 Å². The lowest BCUT2D eigenvalue weighted by Gasteiger charge is -2.10. The fourth-order valence-corrected chi connectivity index (χ4v) is 2.56. The first-order valence-electron chi connectivity index (χ1n) is 7.87. The molecule has 0 atom stereocenters. The Bertz CT molecular complexity index is 785. The van der Waals surface area contributed by atoms with Gasteiger partial charge in [0.05, 0.1) is 10.0 Å². The summed E-state index contributed by atoms with van der Waals surface area (Å²) in [4.78, 5) is 27.0. The molecule has 0 radical (unpaired) electrons. The first kappa shape index (κ1) is 19.8. The number of carbonyl (C=O) groups excluding carboxylic acids is 2. The van der Waals surface area contributed by atoms with Crippen LogP contribution in [0.3, 0.4) is 0 Å². The minimum Gasteiger partial charge on any atom is -0.367 e. The summed E-state index contributed by atoms with van der Waals surface area (Å²) in [6.45, 7) is 2.63. The first-order chi connectivity index (χ1) is 12.4. The molecule has 0 aliphatic carbocycles. The number of anilines is 2. The Hall–Kier alpha value is -2.51. The summed E-state index contributed by atoms with van der Waals surface area (Å²) < 4.78 is 0. The van der Waals surface area contributed by atoms with Gasteiger partial charge in [0, 0.05) is 38.4 Å². The average Bonchev–Trinajstić information content (AvgIpc) is 2.58. The van der Waals surface area contributed by atoms with E-state index in [4.69, 9.17) is 23.2 Å². The number of aromatic nitrogens is 1. The van der Waals surface area contributed by atoms with E-state index < -0.39 is 0 Å². The van der Waals surface area contributed by atoms with Crippen molar-refractivity contribution in [2.75, 3.05) is 23.7 Å². The fraction of sp³-hybridized carbons (Fsp3) is 0.235. The molecule has 9 heteroatoms. The van der Waals surface area contributed by atoms with Crippen LogP contribution in [0.4, 0.5) is 16.3 Å². The second-order valence-electron chi connectivity index (χ2n) is 5.40. The van der Waals surface area contributed by atoms with Gasteiger partial charge in [0.1, 0.15) is 5.82 Å². The number of urea groups is 1. The highest BCUT2D eigenvalue weighted by molar-refractivity contribution is 6.35. The Morgan fingerprint density at radius 1 is 1.12 bits per heavy atom. The maximum atomic E-state index is 11.8. The number of benzene rings is 1. The maximum Gasteiger partial charge on any atom is 0.315 e. The molecule has 0 fully saturated rings. The quantitative estimate of drug-likeness (QED) is 0.541. The predicted molar refractivity (Wildman–Crippen MR) is 104 cm³/mol. The van der Waals surface area contributed by atoms with E-state index >= 15 is 0 Å². The van der Waals surface area contributed by atoms with Gasteiger partial charge in [-0.1, -0.05) is 35.3 Å². The van der Waals surface area contributed by atoms with E-state index in [-0.39, 0.29) is 11.9 Å². The van der Waals surface area contributed by atoms with Gasteiger partial charge in [-0.15, -0.1) is 0 Å². The third-order valence-electron chi connectivity index (χ3n) is 3.21. The van der Waals surface area contributed by atoms with Crippen molar-refractivity contribution < 1.29 is 9.59 Å². The SMILES string of the molecule is CC(=O)Nc1cccc(CNC(=O)NCCNc2ncc(Cl)cc2Cl)c1. The van der Waals surface area contributed by atoms with E-state index in [1.807, 2.05) is 12.1 Å². The first-order valence-corrected chi connectivity index (χ1v) is 8.63. The van der Waals surface area contributed by atoms with Gasteiger partial charge in [-0.05, 0) is 23.8 Å². The smallest absolute Gasteiger partial charge is 0.315 e. The normalized spacial score (nSPS) is 10.1. The molecule has 1 aromatic carbocycles. The fourth-order valence-electron chi connectivity index (χ4n) is 2.11. The topological polar surface area (TPSA) is 95.2 Å². The summed E-state index contributed by atoms with van der Waals surface area (Å²) in [5.41, 5.74) is 1.57. The van der Waals surface area contributed by atoms with Gasteiger partial charge in [0.2, 0.25) is 5.91 Å². The lowest BCUT2D eigenvalue weighted by atomic mass is 10.2. The van der Waals surface area contributed by atoms with Crippen molar-refractivity contribution in [3.05, 3.63) is 52.1 Å². The van der Waals surface area contributed by atoms with Gasteiger partial charge in [0.15, 0.2) is 0 Å². The molecule has 1 aromatic heterocycles. The Balaban J connectivity index is 1.70. The molecule has 0 unspecified atom stereocenters. The minimum absolute atomic E-state index is 0.143. The van der Waals surface area contributed by atoms with Crippen molar-refractivity contribution in [2.45, 2.75) is 13.5 Å². The lowest BCUT2D eigenvalue weighted by Crippen LogP contribution is -2.37. The van der Waals surface area contributed by atoms with Crippen LogP contribution in [0.5, 0.6) is 0 Å². The van der Waals surface area contributed by atoms with Crippen molar-refractivity contribution in [1.29, 1.82) is 0 Å². The second kappa shape index (κ2) is 9.84. The third-order valence-corrected chi connectivity index (χ3v) is 3.71. The summed E-state index contributed by atoms with van der Waals surface area (Å²) in [6, 6.07) is 8.55. The van der Waals surface area contributed by atoms with E-state index in [2.05, 4.69) is 26.3 Å². The number of pyridine rings is 1. The van der Waals surface area contributed by atoms with Crippen LogP contribution in [0.2, 0.25) is 10.0 Å². The zero-order valence-electron chi connectivity index (χ0n) is 14.1. The molecule has 0 aliphatic heterocycles. The number of hydrogen-bond donors (Lipinski definition) is 4. The Morgan fingerprint density at radius 2 is 1.92 bits per heavy atom. The van der Waals surface area contributed by atoms with Crippen molar-refractivity contribution >= 4 is 46.6 Å². The van der Waals surface area contributed by atoms with Gasteiger partial charge < -0.3 is 21.3 Å². The van der Waals surface area contributed by atoms with Gasteiger partial charge in [-0.3, -0.25) is 4.79 Å². The maximum absolute atomic E-state index is 11.8. The highest BCUT2D eigenvalue weighted by Crippen LogP contribution is 2.21. The second-order valence-corrected chi connectivity index (χ2v) is 6.25. The zero-order chi connectivity index (χ0) is 18.9. The summed E-state index contributed by atoms with van der Waals surface area (Å²) >= 11 is 11.8. The van der Waals surface area contributed by atoms with Gasteiger partial charge in [0.25, 0.3) is 0 Å². The van der Waals surface area contributed by atoms with Crippen molar-refractivity contribution in [2.24, 2.45) is 0 Å². The molecule has 0 aliphatic rings. The highest BCUT2D eigenvalue weighted by Gasteiger charge is 2.04. The molecule has 0 saturated carbocycles. The number of rotatable bonds is 7. The van der Waals surface area contributed by atoms with Crippen LogP contribution < -0.4 is 21.3 Å². The minimum atomic E-state index is -0.299. The van der Waals surface area contributed by atoms with Gasteiger partial charge in [-0.2, -0.15) is 0 Å². The molecule has 7 nitrogen and oxygen atoms in total. The van der Waals surface area contributed by atoms with Gasteiger partial charge in [-0.25, -0.2) is 9.78 Å². The Labute approximate surface area is 161 Å². The van der Waals surface area contributed by atoms with E-state index in [0.29, 0.717) is 41.2 Å². The molecule has 0 saturated heterocycles.